The second-order valence-electron chi connectivity index (χ2n) is 8.64. The first kappa shape index (κ1) is 21.7. The molecule has 29 heavy (non-hydrogen) atoms. The van der Waals surface area contributed by atoms with Gasteiger partial charge in [-0.2, -0.15) is 0 Å². The van der Waals surface area contributed by atoms with Crippen LogP contribution in [0.15, 0.2) is 34.8 Å². The topological polar surface area (TPSA) is 65.4 Å². The number of hydrogen-bond donors (Lipinski definition) is 2. The Balaban J connectivity index is 1.38. The third-order valence-electron chi connectivity index (χ3n) is 5.22. The molecule has 1 aliphatic rings. The van der Waals surface area contributed by atoms with Crippen LogP contribution in [-0.2, 0) is 18.4 Å². The van der Waals surface area contributed by atoms with Crippen LogP contribution in [0.25, 0.3) is 0 Å². The van der Waals surface area contributed by atoms with Crippen molar-refractivity contribution in [1.82, 2.24) is 25.5 Å². The Bertz CT molecular complexity index is 772. The molecular weight excluding hydrogens is 380 g/mol. The van der Waals surface area contributed by atoms with Crippen molar-refractivity contribution >= 4 is 17.3 Å². The molecule has 3 rings (SSSR count). The lowest BCUT2D eigenvalue weighted by molar-refractivity contribution is 0.196. The zero-order valence-corrected chi connectivity index (χ0v) is 18.9. The number of pyridine rings is 1. The van der Waals surface area contributed by atoms with Crippen LogP contribution in [0.4, 0.5) is 0 Å². The first-order valence-electron chi connectivity index (χ1n) is 10.5. The molecule has 3 heterocycles. The SMILES string of the molecule is CN=C(NCCc1nc(C(C)(C)C)cs1)NC1CCN(Cc2ccccn2)CC1. The van der Waals surface area contributed by atoms with E-state index in [0.29, 0.717) is 6.04 Å². The van der Waals surface area contributed by atoms with Crippen molar-refractivity contribution in [3.8, 4) is 0 Å². The van der Waals surface area contributed by atoms with Crippen molar-refractivity contribution in [2.75, 3.05) is 26.7 Å². The fraction of sp³-hybridized carbons (Fsp3) is 0.591. The largest absolute Gasteiger partial charge is 0.356 e. The molecule has 0 unspecified atom stereocenters. The van der Waals surface area contributed by atoms with Gasteiger partial charge in [0.2, 0.25) is 0 Å². The highest BCUT2D eigenvalue weighted by Gasteiger charge is 2.20. The Morgan fingerprint density at radius 1 is 1.28 bits per heavy atom. The molecule has 0 saturated carbocycles. The number of hydrogen-bond acceptors (Lipinski definition) is 5. The molecule has 6 nitrogen and oxygen atoms in total. The summed E-state index contributed by atoms with van der Waals surface area (Å²) in [5.41, 5.74) is 2.44. The Kier molecular flexibility index (Phi) is 7.61. The maximum atomic E-state index is 4.77. The monoisotopic (exact) mass is 414 g/mol. The lowest BCUT2D eigenvalue weighted by Crippen LogP contribution is -2.48. The Hall–Kier alpha value is -1.99. The highest BCUT2D eigenvalue weighted by atomic mass is 32.1. The number of thiazole rings is 1. The lowest BCUT2D eigenvalue weighted by Gasteiger charge is -2.32. The van der Waals surface area contributed by atoms with Crippen LogP contribution in [0, 0.1) is 0 Å². The summed E-state index contributed by atoms with van der Waals surface area (Å²) < 4.78 is 0. The normalized spacial score (nSPS) is 16.8. The number of aliphatic imine (C=N–C) groups is 1. The molecule has 2 N–H and O–H groups in total. The van der Waals surface area contributed by atoms with E-state index < -0.39 is 0 Å². The van der Waals surface area contributed by atoms with Gasteiger partial charge < -0.3 is 10.6 Å². The third kappa shape index (κ3) is 6.78. The average molecular weight is 415 g/mol. The number of guanidine groups is 1. The van der Waals surface area contributed by atoms with Gasteiger partial charge in [-0.05, 0) is 25.0 Å². The van der Waals surface area contributed by atoms with E-state index in [1.165, 1.54) is 10.7 Å². The van der Waals surface area contributed by atoms with Crippen LogP contribution in [0.1, 0.15) is 50.0 Å². The predicted octanol–water partition coefficient (Wildman–Crippen LogP) is 3.21. The van der Waals surface area contributed by atoms with Crippen molar-refractivity contribution < 1.29 is 0 Å². The first-order valence-corrected chi connectivity index (χ1v) is 11.4. The predicted molar refractivity (Wildman–Crippen MR) is 122 cm³/mol. The van der Waals surface area contributed by atoms with Crippen LogP contribution < -0.4 is 10.6 Å². The molecule has 1 aliphatic heterocycles. The molecule has 7 heteroatoms. The third-order valence-corrected chi connectivity index (χ3v) is 6.12. The minimum absolute atomic E-state index is 0.116. The fourth-order valence-electron chi connectivity index (χ4n) is 3.40. The van der Waals surface area contributed by atoms with Crippen molar-refractivity contribution in [2.45, 2.75) is 58.0 Å². The van der Waals surface area contributed by atoms with E-state index in [1.54, 1.807) is 11.3 Å². The lowest BCUT2D eigenvalue weighted by atomic mass is 9.93. The first-order chi connectivity index (χ1) is 13.9. The van der Waals surface area contributed by atoms with Gasteiger partial charge in [-0.1, -0.05) is 26.8 Å². The summed E-state index contributed by atoms with van der Waals surface area (Å²) in [6.07, 6.45) is 5.03. The number of nitrogens with one attached hydrogen (secondary N) is 2. The molecule has 0 aliphatic carbocycles. The van der Waals surface area contributed by atoms with Gasteiger partial charge in [-0.15, -0.1) is 11.3 Å². The summed E-state index contributed by atoms with van der Waals surface area (Å²) in [5.74, 6) is 0.890. The van der Waals surface area contributed by atoms with Crippen LogP contribution in [-0.4, -0.2) is 53.6 Å². The van der Waals surface area contributed by atoms with Gasteiger partial charge >= 0.3 is 0 Å². The van der Waals surface area contributed by atoms with E-state index in [2.05, 4.69) is 63.8 Å². The van der Waals surface area contributed by atoms with Gasteiger partial charge in [0.25, 0.3) is 0 Å². The van der Waals surface area contributed by atoms with Crippen molar-refractivity contribution in [1.29, 1.82) is 0 Å². The molecule has 0 aromatic carbocycles. The van der Waals surface area contributed by atoms with Gasteiger partial charge in [0.05, 0.1) is 16.4 Å². The summed E-state index contributed by atoms with van der Waals surface area (Å²) in [5, 5.41) is 10.4. The summed E-state index contributed by atoms with van der Waals surface area (Å²) in [4.78, 5) is 16.1. The van der Waals surface area contributed by atoms with Crippen molar-refractivity contribution in [3.05, 3.63) is 46.2 Å². The van der Waals surface area contributed by atoms with Gasteiger partial charge in [0.1, 0.15) is 0 Å². The standard InChI is InChI=1S/C22H34N6S/c1-22(2,3)19-16-29-20(27-19)8-12-25-21(23-4)26-17-9-13-28(14-10-17)15-18-7-5-6-11-24-18/h5-7,11,16-17H,8-10,12-15H2,1-4H3,(H2,23,25,26). The molecule has 0 amide bonds. The second kappa shape index (κ2) is 10.2. The molecule has 0 radical (unpaired) electrons. The molecular formula is C22H34N6S. The van der Waals surface area contributed by atoms with Crippen molar-refractivity contribution in [3.63, 3.8) is 0 Å². The van der Waals surface area contributed by atoms with E-state index in [1.807, 2.05) is 19.3 Å². The molecule has 1 saturated heterocycles. The second-order valence-corrected chi connectivity index (χ2v) is 9.58. The van der Waals surface area contributed by atoms with Gasteiger partial charge in [0, 0.05) is 62.7 Å². The molecule has 0 spiro atoms. The minimum Gasteiger partial charge on any atom is -0.356 e. The Morgan fingerprint density at radius 2 is 2.07 bits per heavy atom. The zero-order valence-electron chi connectivity index (χ0n) is 18.1. The summed E-state index contributed by atoms with van der Waals surface area (Å²) in [7, 11) is 1.84. The van der Waals surface area contributed by atoms with Gasteiger partial charge in [-0.3, -0.25) is 14.9 Å². The van der Waals surface area contributed by atoms with E-state index in [0.717, 1.165) is 57.1 Å². The molecule has 0 atom stereocenters. The van der Waals surface area contributed by atoms with Crippen LogP contribution in [0.5, 0.6) is 0 Å². The Morgan fingerprint density at radius 3 is 2.69 bits per heavy atom. The number of likely N-dealkylation sites (tertiary alicyclic amines) is 1. The van der Waals surface area contributed by atoms with Gasteiger partial charge in [-0.25, -0.2) is 4.98 Å². The number of rotatable bonds is 6. The highest BCUT2D eigenvalue weighted by molar-refractivity contribution is 7.09. The summed E-state index contributed by atoms with van der Waals surface area (Å²) in [6.45, 7) is 10.6. The van der Waals surface area contributed by atoms with Crippen molar-refractivity contribution in [2.24, 2.45) is 4.99 Å². The quantitative estimate of drug-likeness (QED) is 0.561. The number of piperidine rings is 1. The van der Waals surface area contributed by atoms with E-state index in [4.69, 9.17) is 4.98 Å². The molecule has 0 bridgehead atoms. The summed E-state index contributed by atoms with van der Waals surface area (Å²) in [6, 6.07) is 6.59. The van der Waals surface area contributed by atoms with E-state index >= 15 is 0 Å². The zero-order chi connectivity index (χ0) is 20.7. The van der Waals surface area contributed by atoms with E-state index in [-0.39, 0.29) is 5.41 Å². The Labute approximate surface area is 178 Å². The highest BCUT2D eigenvalue weighted by Crippen LogP contribution is 2.23. The van der Waals surface area contributed by atoms with E-state index in [9.17, 15) is 0 Å². The molecule has 2 aromatic rings. The maximum Gasteiger partial charge on any atom is 0.191 e. The number of nitrogens with zero attached hydrogens (tertiary/aromatic N) is 4. The molecule has 158 valence electrons. The fourth-order valence-corrected chi connectivity index (χ4v) is 4.43. The van der Waals surface area contributed by atoms with Gasteiger partial charge in [0.15, 0.2) is 5.96 Å². The average Bonchev–Trinajstić information content (AvgIpc) is 3.19. The number of aromatic nitrogens is 2. The molecule has 2 aromatic heterocycles. The van der Waals surface area contributed by atoms with Crippen LogP contribution >= 0.6 is 11.3 Å². The smallest absolute Gasteiger partial charge is 0.191 e. The maximum absolute atomic E-state index is 4.77. The van der Waals surface area contributed by atoms with Crippen LogP contribution in [0.3, 0.4) is 0 Å². The van der Waals surface area contributed by atoms with Crippen LogP contribution in [0.2, 0.25) is 0 Å². The summed E-state index contributed by atoms with van der Waals surface area (Å²) >= 11 is 1.75. The minimum atomic E-state index is 0.116. The molecule has 1 fully saturated rings.